The summed E-state index contributed by atoms with van der Waals surface area (Å²) in [7, 11) is 0. The number of aliphatic carboxylic acids is 3. The van der Waals surface area contributed by atoms with Crippen molar-refractivity contribution in [1.82, 2.24) is 26.6 Å². The van der Waals surface area contributed by atoms with Crippen LogP contribution in [-0.4, -0.2) is 135 Å². The third-order valence-corrected chi connectivity index (χ3v) is 9.30. The molecule has 0 bridgehead atoms. The highest BCUT2D eigenvalue weighted by atomic mass is 16.5. The monoisotopic (exact) mass is 860 g/mol. The van der Waals surface area contributed by atoms with E-state index in [1.54, 1.807) is 0 Å². The van der Waals surface area contributed by atoms with Crippen molar-refractivity contribution in [3.05, 3.63) is 0 Å². The van der Waals surface area contributed by atoms with Crippen LogP contribution in [0.1, 0.15) is 141 Å². The number of carboxylic acid groups (broad SMARTS) is 3. The van der Waals surface area contributed by atoms with Crippen molar-refractivity contribution < 1.29 is 67.9 Å². The van der Waals surface area contributed by atoms with Gasteiger partial charge in [-0.05, 0) is 38.5 Å². The number of rotatable bonds is 44. The zero-order chi connectivity index (χ0) is 44.5. The molecule has 0 saturated heterocycles. The van der Waals surface area contributed by atoms with E-state index >= 15 is 0 Å². The first-order valence-electron chi connectivity index (χ1n) is 21.7. The fraction of sp³-hybridized carbons (Fsp3) is 0.805. The minimum absolute atomic E-state index is 0.00196. The molecule has 0 rings (SSSR count). The third-order valence-electron chi connectivity index (χ3n) is 9.30. The predicted octanol–water partition coefficient (Wildman–Crippen LogP) is 2.82. The third kappa shape index (κ3) is 37.9. The van der Waals surface area contributed by atoms with E-state index in [0.29, 0.717) is 78.4 Å². The molecule has 19 nitrogen and oxygen atoms in total. The quantitative estimate of drug-likeness (QED) is 0.0323. The van der Waals surface area contributed by atoms with Gasteiger partial charge in [0.15, 0.2) is 0 Å². The van der Waals surface area contributed by atoms with Gasteiger partial charge in [-0.3, -0.25) is 28.8 Å². The molecule has 8 N–H and O–H groups in total. The molecular weight excluding hydrogens is 786 g/mol. The highest BCUT2D eigenvalue weighted by Gasteiger charge is 2.22. The Balaban J connectivity index is 3.69. The van der Waals surface area contributed by atoms with Crippen LogP contribution in [0.25, 0.3) is 0 Å². The maximum Gasteiger partial charge on any atom is 0.326 e. The van der Waals surface area contributed by atoms with Crippen LogP contribution in [0.3, 0.4) is 0 Å². The molecule has 0 spiro atoms. The van der Waals surface area contributed by atoms with Crippen molar-refractivity contribution >= 4 is 47.9 Å². The van der Waals surface area contributed by atoms with Crippen LogP contribution < -0.4 is 26.6 Å². The summed E-state index contributed by atoms with van der Waals surface area (Å²) in [6, 6.07) is -2.37. The zero-order valence-electron chi connectivity index (χ0n) is 35.5. The van der Waals surface area contributed by atoms with Gasteiger partial charge >= 0.3 is 17.9 Å². The maximum absolute atomic E-state index is 12.3. The van der Waals surface area contributed by atoms with Gasteiger partial charge in [0.25, 0.3) is 0 Å². The molecule has 0 aromatic carbocycles. The number of unbranched alkanes of at least 4 members (excludes halogenated alkanes) is 13. The van der Waals surface area contributed by atoms with Crippen LogP contribution in [0.5, 0.6) is 0 Å². The van der Waals surface area contributed by atoms with Gasteiger partial charge in [0.1, 0.15) is 12.1 Å². The van der Waals surface area contributed by atoms with E-state index in [9.17, 15) is 48.6 Å². The lowest BCUT2D eigenvalue weighted by atomic mass is 10.0. The van der Waals surface area contributed by atoms with Gasteiger partial charge in [0.05, 0.1) is 33.0 Å². The van der Waals surface area contributed by atoms with Gasteiger partial charge < -0.3 is 56.1 Å². The number of nitrogens with one attached hydrogen (secondary N) is 5. The first-order chi connectivity index (χ1) is 29.0. The van der Waals surface area contributed by atoms with Gasteiger partial charge in [-0.15, -0.1) is 0 Å². The lowest BCUT2D eigenvalue weighted by molar-refractivity contribution is -0.142. The van der Waals surface area contributed by atoms with Crippen molar-refractivity contribution in [2.45, 2.75) is 153 Å². The van der Waals surface area contributed by atoms with Crippen molar-refractivity contribution in [3.8, 4) is 0 Å². The number of carboxylic acids is 3. The molecule has 0 aliphatic carbocycles. The van der Waals surface area contributed by atoms with Crippen LogP contribution >= 0.6 is 0 Å². The Labute approximate surface area is 354 Å². The van der Waals surface area contributed by atoms with E-state index in [0.717, 1.165) is 38.5 Å². The lowest BCUT2D eigenvalue weighted by Gasteiger charge is -2.14. The molecule has 0 unspecified atom stereocenters. The molecule has 0 aliphatic heterocycles. The average molecular weight is 860 g/mol. The molecule has 5 amide bonds. The molecule has 0 aromatic heterocycles. The lowest BCUT2D eigenvalue weighted by Crippen LogP contribution is -2.45. The summed E-state index contributed by atoms with van der Waals surface area (Å²) in [4.78, 5) is 91.7. The number of amides is 5. The van der Waals surface area contributed by atoms with Gasteiger partial charge in [0.2, 0.25) is 30.0 Å². The second kappa shape index (κ2) is 40.1. The largest absolute Gasteiger partial charge is 0.481 e. The topological polar surface area (TPSA) is 285 Å². The fourth-order valence-corrected chi connectivity index (χ4v) is 5.92. The number of carbonyl (C=O) groups is 8. The van der Waals surface area contributed by atoms with Crippen molar-refractivity contribution in [1.29, 1.82) is 0 Å². The first kappa shape index (κ1) is 55.6. The Hall–Kier alpha value is -4.36. The van der Waals surface area contributed by atoms with Crippen molar-refractivity contribution in [2.24, 2.45) is 0 Å². The summed E-state index contributed by atoms with van der Waals surface area (Å²) in [5.41, 5.74) is 0. The summed E-state index contributed by atoms with van der Waals surface area (Å²) in [5, 5.41) is 39.7. The van der Waals surface area contributed by atoms with Crippen LogP contribution in [0.15, 0.2) is 0 Å². The molecule has 0 aliphatic rings. The van der Waals surface area contributed by atoms with Gasteiger partial charge in [-0.25, -0.2) is 9.59 Å². The maximum atomic E-state index is 12.3. The number of ether oxygens (including phenoxy) is 3. The van der Waals surface area contributed by atoms with E-state index in [-0.39, 0.29) is 62.8 Å². The van der Waals surface area contributed by atoms with Gasteiger partial charge in [-0.2, -0.15) is 0 Å². The van der Waals surface area contributed by atoms with Crippen LogP contribution in [0.2, 0.25) is 0 Å². The SMILES string of the molecule is O=CNCC(=O)N[C@@H](CCC(=O)NCCCOCCOCCOCCCNC(=O)CC[C@H](NC(=O)CCCCCCCCCCCCCCCCC(=O)O)C(=O)O)C(=O)O. The Morgan fingerprint density at radius 1 is 0.433 bits per heavy atom. The Morgan fingerprint density at radius 2 is 0.800 bits per heavy atom. The first-order valence-corrected chi connectivity index (χ1v) is 21.7. The van der Waals surface area contributed by atoms with Crippen LogP contribution in [0, 0.1) is 0 Å². The molecule has 60 heavy (non-hydrogen) atoms. The summed E-state index contributed by atoms with van der Waals surface area (Å²) in [6.07, 6.45) is 16.8. The number of hydrogen-bond donors (Lipinski definition) is 8. The second-order valence-corrected chi connectivity index (χ2v) is 14.6. The minimum atomic E-state index is -1.28. The standard InChI is InChI=1S/C41H73N5O14/c47-32-42-31-38(51)46-34(41(56)57)20-22-36(49)44-24-16-26-59-28-30-60-29-27-58-25-15-23-43-35(48)21-19-33(40(54)55)45-37(50)17-13-11-9-7-5-3-1-2-4-6-8-10-12-14-18-39(52)53/h32-34H,1-31H2,(H,42,47)(H,43,48)(H,44,49)(H,45,50)(H,46,51)(H,52,53)(H,54,55)(H,56,57)/t33-,34-/m0/s1. The highest BCUT2D eigenvalue weighted by molar-refractivity contribution is 5.86. The van der Waals surface area contributed by atoms with E-state index in [1.165, 1.54) is 44.9 Å². The van der Waals surface area contributed by atoms with E-state index in [1.807, 2.05) is 0 Å². The van der Waals surface area contributed by atoms with E-state index < -0.39 is 35.9 Å². The van der Waals surface area contributed by atoms with Crippen LogP contribution in [-0.2, 0) is 52.6 Å². The van der Waals surface area contributed by atoms with Gasteiger partial charge in [0, 0.05) is 52.0 Å². The summed E-state index contributed by atoms with van der Waals surface area (Å²) >= 11 is 0. The second-order valence-electron chi connectivity index (χ2n) is 14.6. The number of carbonyl (C=O) groups excluding carboxylic acids is 5. The van der Waals surface area contributed by atoms with Crippen LogP contribution in [0.4, 0.5) is 0 Å². The van der Waals surface area contributed by atoms with Gasteiger partial charge in [-0.1, -0.05) is 77.0 Å². The fourth-order valence-electron chi connectivity index (χ4n) is 5.92. The van der Waals surface area contributed by atoms with Crippen molar-refractivity contribution in [3.63, 3.8) is 0 Å². The molecule has 19 heteroatoms. The Bertz CT molecular complexity index is 1210. The Kier molecular flexibility index (Phi) is 37.2. The highest BCUT2D eigenvalue weighted by Crippen LogP contribution is 2.14. The summed E-state index contributed by atoms with van der Waals surface area (Å²) in [5.74, 6) is -4.83. The molecule has 0 aromatic rings. The van der Waals surface area contributed by atoms with E-state index in [2.05, 4.69) is 26.6 Å². The molecular formula is C41H73N5O14. The Morgan fingerprint density at radius 3 is 1.18 bits per heavy atom. The molecule has 346 valence electrons. The minimum Gasteiger partial charge on any atom is -0.481 e. The molecule has 0 fully saturated rings. The van der Waals surface area contributed by atoms with Crippen molar-refractivity contribution in [2.75, 3.05) is 59.3 Å². The predicted molar refractivity (Wildman–Crippen MR) is 221 cm³/mol. The summed E-state index contributed by atoms with van der Waals surface area (Å²) < 4.78 is 16.4. The summed E-state index contributed by atoms with van der Waals surface area (Å²) in [6.45, 7) is 2.49. The average Bonchev–Trinajstić information content (AvgIpc) is 3.20. The zero-order valence-corrected chi connectivity index (χ0v) is 35.5. The normalized spacial score (nSPS) is 11.9. The van der Waals surface area contributed by atoms with E-state index in [4.69, 9.17) is 19.3 Å². The molecule has 0 heterocycles. The number of hydrogen-bond acceptors (Lipinski definition) is 11. The smallest absolute Gasteiger partial charge is 0.326 e. The molecule has 2 atom stereocenters. The molecule has 0 radical (unpaired) electrons. The molecule has 0 saturated carbocycles.